The van der Waals surface area contributed by atoms with Crippen LogP contribution in [0.1, 0.15) is 153 Å². The molecule has 32 heteroatoms. The van der Waals surface area contributed by atoms with Crippen molar-refractivity contribution in [2.24, 2.45) is 19.1 Å². The van der Waals surface area contributed by atoms with E-state index >= 15 is 0 Å². The van der Waals surface area contributed by atoms with Gasteiger partial charge >= 0.3 is 6.09 Å². The van der Waals surface area contributed by atoms with Crippen molar-refractivity contribution in [3.63, 3.8) is 0 Å². The van der Waals surface area contributed by atoms with Crippen LogP contribution in [0.25, 0.3) is 20.4 Å². The van der Waals surface area contributed by atoms with Crippen LogP contribution in [0.5, 0.6) is 23.0 Å². The lowest BCUT2D eigenvalue weighted by molar-refractivity contribution is -0.198. The predicted octanol–water partition coefficient (Wildman–Crippen LogP) is 15.7. The first-order valence-corrected chi connectivity index (χ1v) is 43.5. The summed E-state index contributed by atoms with van der Waals surface area (Å²) in [5.41, 5.74) is 8.10. The minimum Gasteiger partial charge on any atom is -0.493 e. The van der Waals surface area contributed by atoms with Crippen molar-refractivity contribution >= 4 is 137 Å². The summed E-state index contributed by atoms with van der Waals surface area (Å²) < 4.78 is 47.0. The topological polar surface area (TPSA) is 350 Å². The van der Waals surface area contributed by atoms with Crippen molar-refractivity contribution in [1.29, 1.82) is 0 Å². The summed E-state index contributed by atoms with van der Waals surface area (Å²) in [5, 5.41) is 12.5. The zero-order valence-electron chi connectivity index (χ0n) is 70.2. The molecule has 7 amide bonds. The fourth-order valence-electron chi connectivity index (χ4n) is 16.0. The van der Waals surface area contributed by atoms with E-state index in [1.54, 1.807) is 89.1 Å². The molecule has 4 atom stereocenters. The molecule has 8 aromatic carbocycles. The third-order valence-electron chi connectivity index (χ3n) is 22.2. The highest BCUT2D eigenvalue weighted by molar-refractivity contribution is 7.19. The smallest absolute Gasteiger partial charge is 0.416 e. The van der Waals surface area contributed by atoms with Gasteiger partial charge in [0.25, 0.3) is 23.6 Å². The van der Waals surface area contributed by atoms with E-state index < -0.39 is 24.7 Å². The summed E-state index contributed by atoms with van der Waals surface area (Å²) in [6, 6.07) is 49.9. The highest BCUT2D eigenvalue weighted by atomic mass is 32.1. The van der Waals surface area contributed by atoms with Crippen LogP contribution < -0.4 is 45.1 Å². The number of fused-ring (bicyclic) bond motifs is 6. The third-order valence-corrected chi connectivity index (χ3v) is 24.3. The van der Waals surface area contributed by atoms with Gasteiger partial charge in [-0.05, 0) is 153 Å². The number of piperidine rings is 2. The second kappa shape index (κ2) is 39.4. The molecule has 3 saturated heterocycles. The maximum absolute atomic E-state index is 14.4. The van der Waals surface area contributed by atoms with Gasteiger partial charge in [-0.2, -0.15) is 0 Å². The zero-order chi connectivity index (χ0) is 88.2. The number of amides is 7. The molecular weight excluding hydrogens is 1660 g/mol. The van der Waals surface area contributed by atoms with E-state index in [1.165, 1.54) is 47.9 Å². The van der Waals surface area contributed by atoms with Gasteiger partial charge < -0.3 is 73.4 Å². The Balaban J connectivity index is 0.000000191. The summed E-state index contributed by atoms with van der Waals surface area (Å²) in [5.74, 6) is 0.285. The number of aliphatic imine (C=N–C) groups is 1. The molecule has 0 radical (unpaired) electrons. The van der Waals surface area contributed by atoms with Crippen molar-refractivity contribution in [1.82, 2.24) is 38.9 Å². The molecule has 5 aliphatic heterocycles. The number of methoxy groups -OCH3 is 2. The number of Topliss-reactive ketones (excluding diaryl/α,β-unsaturated/α-hetero) is 2. The summed E-state index contributed by atoms with van der Waals surface area (Å²) in [6.45, 7) is 5.64. The number of imidazole rings is 2. The molecule has 0 bridgehead atoms. The average Bonchev–Trinajstić information content (AvgIpc) is 1.61. The molecule has 4 N–H and O–H groups in total. The molecule has 17 rings (SSSR count). The lowest BCUT2D eigenvalue weighted by atomic mass is 10.00. The number of aromatic nitrogens is 6. The van der Waals surface area contributed by atoms with Gasteiger partial charge in [0.05, 0.1) is 94.9 Å². The van der Waals surface area contributed by atoms with E-state index in [0.29, 0.717) is 104 Å². The van der Waals surface area contributed by atoms with Gasteiger partial charge in [-0.3, -0.25) is 43.3 Å². The Bertz CT molecular complexity index is 6220. The van der Waals surface area contributed by atoms with Gasteiger partial charge in [-0.25, -0.2) is 29.6 Å². The molecule has 9 heterocycles. The number of carbonyl (C=O) groups is 9. The number of hydrogen-bond donors (Lipinski definition) is 4. The Labute approximate surface area is 738 Å². The number of anilines is 5. The van der Waals surface area contributed by atoms with Gasteiger partial charge in [-0.15, -0.1) is 22.7 Å². The van der Waals surface area contributed by atoms with Crippen molar-refractivity contribution in [3.05, 3.63) is 261 Å². The zero-order valence-corrected chi connectivity index (χ0v) is 71.9. The summed E-state index contributed by atoms with van der Waals surface area (Å²) in [4.78, 5) is 149. The number of rotatable bonds is 28. The second-order valence-electron chi connectivity index (χ2n) is 31.2. The van der Waals surface area contributed by atoms with Crippen LogP contribution in [0.2, 0.25) is 0 Å². The number of benzene rings is 8. The summed E-state index contributed by atoms with van der Waals surface area (Å²) in [6.07, 6.45) is 12.1. The molecule has 12 aromatic rings. The van der Waals surface area contributed by atoms with E-state index in [1.807, 2.05) is 132 Å². The van der Waals surface area contributed by atoms with Crippen LogP contribution >= 0.6 is 22.7 Å². The molecular formula is C95H92N14O16S2. The van der Waals surface area contributed by atoms with Crippen LogP contribution in [0.15, 0.2) is 200 Å². The van der Waals surface area contributed by atoms with Crippen LogP contribution in [-0.2, 0) is 76.8 Å². The monoisotopic (exact) mass is 1750 g/mol. The normalized spacial score (nSPS) is 16.4. The third kappa shape index (κ3) is 20.5. The fraction of sp³-hybridized carbons (Fsp3) is 0.284. The van der Waals surface area contributed by atoms with Crippen LogP contribution in [0.3, 0.4) is 0 Å². The van der Waals surface area contributed by atoms with Crippen molar-refractivity contribution in [2.45, 2.75) is 121 Å². The summed E-state index contributed by atoms with van der Waals surface area (Å²) in [7, 11) is 6.40. The first-order chi connectivity index (χ1) is 61.7. The molecule has 2 unspecified atom stereocenters. The maximum atomic E-state index is 14.4. The van der Waals surface area contributed by atoms with Crippen LogP contribution in [0, 0.1) is 0 Å². The number of ketones is 2. The summed E-state index contributed by atoms with van der Waals surface area (Å²) >= 11 is 2.74. The number of nitrogens with zero attached hydrogens (tertiary/aromatic N) is 10. The van der Waals surface area contributed by atoms with Crippen LogP contribution in [-0.4, -0.2) is 163 Å². The lowest BCUT2D eigenvalue weighted by Gasteiger charge is -2.42. The minimum atomic E-state index is -0.907. The Hall–Kier alpha value is -14.1. The van der Waals surface area contributed by atoms with E-state index in [4.69, 9.17) is 33.2 Å². The van der Waals surface area contributed by atoms with E-state index in [2.05, 4.69) is 52.8 Å². The van der Waals surface area contributed by atoms with Crippen LogP contribution in [0.4, 0.5) is 39.2 Å². The number of hydrogen-bond acceptors (Lipinski definition) is 23. The predicted molar refractivity (Wildman–Crippen MR) is 481 cm³/mol. The molecule has 0 spiro atoms. The van der Waals surface area contributed by atoms with Gasteiger partial charge in [0.1, 0.15) is 29.8 Å². The number of para-hydroxylation sites is 2. The Kier molecular flexibility index (Phi) is 26.8. The lowest BCUT2D eigenvalue weighted by Crippen LogP contribution is -2.57. The highest BCUT2D eigenvalue weighted by Crippen LogP contribution is 2.44. The number of ether oxygens (including phenoxy) is 7. The van der Waals surface area contributed by atoms with E-state index in [9.17, 15) is 43.2 Å². The molecule has 650 valence electrons. The van der Waals surface area contributed by atoms with Crippen molar-refractivity contribution < 1.29 is 76.3 Å². The number of aryl methyl sites for hydroxylation is 2. The molecule has 4 aromatic heterocycles. The molecule has 0 saturated carbocycles. The Morgan fingerprint density at radius 1 is 0.528 bits per heavy atom. The van der Waals surface area contributed by atoms with E-state index in [-0.39, 0.29) is 145 Å². The first kappa shape index (κ1) is 86.4. The Morgan fingerprint density at radius 3 is 1.59 bits per heavy atom. The fourth-order valence-corrected chi connectivity index (χ4v) is 17.9. The molecule has 30 nitrogen and oxygen atoms in total. The van der Waals surface area contributed by atoms with Crippen molar-refractivity contribution in [3.8, 4) is 23.0 Å². The van der Waals surface area contributed by atoms with Gasteiger partial charge in [0.15, 0.2) is 58.8 Å². The minimum absolute atomic E-state index is 0.000575. The largest absolute Gasteiger partial charge is 0.493 e. The SMILES string of the molecule is C=CCOC(=O)N1c2cc(OCc3cccc(CC(=O)Nc4cn(C)c(C(=O)Cc5nc6cc(C(=O)Nc7ccccc7)ccc6s5)n4)c3)c(OC)cc2C(=O)N2CCCC[C@H]2C1OC1CCCCO1.COc1cc2c(cc1OCc1cccc(CC(=O)Nc3cn(C)c(C(=O)Cc4nc5cc(C(=O)Nc6ccccc6)ccc5s4)n3)c1)N=C[C@@H]1CCCCN1C2=O. The number of nitrogens with one attached hydrogen (secondary N) is 4. The molecule has 3 fully saturated rings. The maximum Gasteiger partial charge on any atom is 0.416 e. The highest BCUT2D eigenvalue weighted by Gasteiger charge is 2.47. The quantitative estimate of drug-likeness (QED) is 0.0261. The van der Waals surface area contributed by atoms with Gasteiger partial charge in [0, 0.05) is 87.0 Å². The second-order valence-corrected chi connectivity index (χ2v) is 33.4. The number of carbonyl (C=O) groups excluding carboxylic acids is 9. The molecule has 127 heavy (non-hydrogen) atoms. The number of thiazole rings is 2. The molecule has 5 aliphatic rings. The average molecular weight is 1750 g/mol. The molecule has 0 aliphatic carbocycles. The van der Waals surface area contributed by atoms with Gasteiger partial charge in [0.2, 0.25) is 23.4 Å². The Morgan fingerprint density at radius 2 is 1.05 bits per heavy atom. The van der Waals surface area contributed by atoms with Crippen molar-refractivity contribution in [2.75, 3.05) is 66.7 Å². The van der Waals surface area contributed by atoms with E-state index in [0.717, 1.165) is 71.0 Å². The first-order valence-electron chi connectivity index (χ1n) is 41.9. The van der Waals surface area contributed by atoms with Gasteiger partial charge in [-0.1, -0.05) is 97.6 Å². The standard InChI is InChI=1S/C52H53N7O10S.C43H39N7O6S/c1-4-22-67-52(64)59-39-28-42(41(65-3)27-36(39)50(63)58-21-10-8-17-38(58)51(59)69-47-18-9-11-23-66-47)68-31-33-14-12-13-32(24-33)25-45(61)55-44-30-57(2)48(56-44)40(60)29-46-54-37-26-34(19-20-43(37)70-46)49(62)53-35-15-6-5-7-16-35;1-49-24-38(48-41(49)34(51)22-40-46-33-19-28(14-15-37(33)57-40)42(53)45-29-11-4-3-5-12-29)47-39(52)18-26-9-8-10-27(17-26)25-56-36-21-32-31(20-35(36)55-2)43(54)50-16-7-6-13-30(50)23-44-32/h4-7,12-16,19-20,24,26-28,30,38,47,51H,1,8-11,17-18,21-23,25,29,31H2,2-3H3,(H,53,62)(H,55,61);3-5,8-12,14-15,17,19-21,23-24,30H,6-7,13,16,18,22,25H2,1-2H3,(H,45,53)(H,47,52)/t38-,47?,51?;30-/m00/s1.